The summed E-state index contributed by atoms with van der Waals surface area (Å²) in [6.07, 6.45) is 7.80. The van der Waals surface area contributed by atoms with E-state index in [0.29, 0.717) is 0 Å². The fourth-order valence-corrected chi connectivity index (χ4v) is 7.59. The van der Waals surface area contributed by atoms with Gasteiger partial charge in [0, 0.05) is 37.6 Å². The molecule has 2 aliphatic heterocycles. The number of benzene rings is 6. The van der Waals surface area contributed by atoms with Crippen LogP contribution in [0.3, 0.4) is 0 Å². The van der Waals surface area contributed by atoms with Crippen molar-refractivity contribution in [2.45, 2.75) is 45.4 Å². The van der Waals surface area contributed by atoms with Gasteiger partial charge in [-0.3, -0.25) is 0 Å². The van der Waals surface area contributed by atoms with Crippen molar-refractivity contribution in [1.82, 2.24) is 0 Å². The maximum absolute atomic E-state index is 2.60. The first-order valence-electron chi connectivity index (χ1n) is 16.3. The Morgan fingerprint density at radius 2 is 0.930 bits per heavy atom. The second kappa shape index (κ2) is 11.1. The number of anilines is 2. The van der Waals surface area contributed by atoms with Gasteiger partial charge in [-0.05, 0) is 130 Å². The van der Waals surface area contributed by atoms with Crippen LogP contribution in [-0.2, 0) is 0 Å². The Hall–Kier alpha value is -4.30. The first kappa shape index (κ1) is 26.3. The minimum absolute atomic E-state index is 1.15. The van der Waals surface area contributed by atoms with E-state index < -0.39 is 0 Å². The highest BCUT2D eigenvalue weighted by atomic mass is 15.1. The summed E-state index contributed by atoms with van der Waals surface area (Å²) < 4.78 is 0. The largest absolute Gasteiger partial charge is 0.372 e. The van der Waals surface area contributed by atoms with Crippen LogP contribution in [0.4, 0.5) is 11.4 Å². The summed E-state index contributed by atoms with van der Waals surface area (Å²) in [5.74, 6) is 0. The van der Waals surface area contributed by atoms with Crippen molar-refractivity contribution in [2.24, 2.45) is 0 Å². The molecule has 214 valence electrons. The number of aryl methyl sites for hydroxylation is 1. The minimum Gasteiger partial charge on any atom is -0.372 e. The summed E-state index contributed by atoms with van der Waals surface area (Å²) in [6, 6.07) is 39.6. The first-order chi connectivity index (χ1) is 21.2. The summed E-state index contributed by atoms with van der Waals surface area (Å²) in [7, 11) is 0. The van der Waals surface area contributed by atoms with Gasteiger partial charge in [-0.25, -0.2) is 0 Å². The summed E-state index contributed by atoms with van der Waals surface area (Å²) in [4.78, 5) is 5.20. The smallest absolute Gasteiger partial charge is 0.0372 e. The van der Waals surface area contributed by atoms with E-state index in [0.717, 1.165) is 26.2 Å². The van der Waals surface area contributed by atoms with Gasteiger partial charge in [0.15, 0.2) is 0 Å². The van der Waals surface area contributed by atoms with Gasteiger partial charge in [0.2, 0.25) is 0 Å². The van der Waals surface area contributed by atoms with E-state index in [-0.39, 0.29) is 0 Å². The Morgan fingerprint density at radius 3 is 1.51 bits per heavy atom. The van der Waals surface area contributed by atoms with Gasteiger partial charge in [-0.1, -0.05) is 78.4 Å². The highest BCUT2D eigenvalue weighted by Gasteiger charge is 2.21. The van der Waals surface area contributed by atoms with E-state index in [1.807, 2.05) is 0 Å². The lowest BCUT2D eigenvalue weighted by Gasteiger charge is -2.30. The molecule has 0 N–H and O–H groups in total. The summed E-state index contributed by atoms with van der Waals surface area (Å²) in [5, 5.41) is 7.98. The maximum Gasteiger partial charge on any atom is 0.0372 e. The molecule has 43 heavy (non-hydrogen) atoms. The number of rotatable bonds is 4. The molecular weight excluding hydrogens is 520 g/mol. The molecule has 0 aliphatic carbocycles. The third-order valence-corrected chi connectivity index (χ3v) is 9.90. The minimum atomic E-state index is 1.15. The average molecular weight is 561 g/mol. The van der Waals surface area contributed by atoms with E-state index in [1.165, 1.54) is 110 Å². The molecule has 2 aliphatic rings. The van der Waals surface area contributed by atoms with Crippen LogP contribution in [0, 0.1) is 6.92 Å². The molecule has 2 heterocycles. The van der Waals surface area contributed by atoms with Gasteiger partial charge in [0.1, 0.15) is 0 Å². The van der Waals surface area contributed by atoms with Crippen molar-refractivity contribution < 1.29 is 0 Å². The zero-order chi connectivity index (χ0) is 28.8. The fourth-order valence-electron chi connectivity index (χ4n) is 7.59. The Bertz CT molecular complexity index is 1940. The second-order valence-corrected chi connectivity index (χ2v) is 12.7. The molecule has 2 saturated heterocycles. The molecule has 2 fully saturated rings. The standard InChI is InChI=1S/C41H40N2/c1-29-12-14-31(15-13-29)40-36-20-18-35(43-24-8-3-9-25-43)28-39(36)41(33-17-16-30-10-4-5-11-32(30)26-33)37-21-19-34(27-38(37)40)42-22-6-2-7-23-42/h4-5,10-21,26-28H,2-3,6-9,22-25H2,1H3. The SMILES string of the molecule is Cc1ccc(-c2c3ccc(N4CCCCC4)cc3c(-c3ccc4ccccc4c3)c3ccc(N4CCCCC4)cc23)cc1. The number of nitrogens with zero attached hydrogens (tertiary/aromatic N) is 2. The zero-order valence-corrected chi connectivity index (χ0v) is 25.3. The van der Waals surface area contributed by atoms with E-state index >= 15 is 0 Å². The van der Waals surface area contributed by atoms with E-state index in [1.54, 1.807) is 0 Å². The average Bonchev–Trinajstić information content (AvgIpc) is 3.08. The number of fused-ring (bicyclic) bond motifs is 3. The van der Waals surface area contributed by atoms with Crippen LogP contribution in [0.5, 0.6) is 0 Å². The van der Waals surface area contributed by atoms with Gasteiger partial charge in [0.05, 0.1) is 0 Å². The molecule has 0 amide bonds. The number of piperidine rings is 2. The topological polar surface area (TPSA) is 6.48 Å². The molecule has 0 radical (unpaired) electrons. The molecule has 8 rings (SSSR count). The van der Waals surface area contributed by atoms with Crippen molar-refractivity contribution >= 4 is 43.7 Å². The van der Waals surface area contributed by atoms with Crippen molar-refractivity contribution in [3.63, 3.8) is 0 Å². The number of hydrogen-bond acceptors (Lipinski definition) is 2. The molecular formula is C41H40N2. The molecule has 0 aromatic heterocycles. The molecule has 0 atom stereocenters. The summed E-state index contributed by atoms with van der Waals surface area (Å²) >= 11 is 0. The van der Waals surface area contributed by atoms with Gasteiger partial charge in [0.25, 0.3) is 0 Å². The molecule has 2 nitrogen and oxygen atoms in total. The lowest BCUT2D eigenvalue weighted by Crippen LogP contribution is -2.29. The van der Waals surface area contributed by atoms with Crippen LogP contribution >= 0.6 is 0 Å². The molecule has 0 spiro atoms. The highest BCUT2D eigenvalue weighted by molar-refractivity contribution is 6.22. The van der Waals surface area contributed by atoms with Crippen molar-refractivity contribution in [2.75, 3.05) is 36.0 Å². The fraction of sp³-hybridized carbons (Fsp3) is 0.268. The van der Waals surface area contributed by atoms with Crippen LogP contribution in [0.15, 0.2) is 103 Å². The van der Waals surface area contributed by atoms with E-state index in [2.05, 4.69) is 120 Å². The normalized spacial score (nSPS) is 15.9. The molecule has 6 aromatic carbocycles. The van der Waals surface area contributed by atoms with Gasteiger partial charge in [-0.15, -0.1) is 0 Å². The Balaban J connectivity index is 1.46. The van der Waals surface area contributed by atoms with E-state index in [4.69, 9.17) is 0 Å². The third-order valence-electron chi connectivity index (χ3n) is 9.90. The van der Waals surface area contributed by atoms with Crippen molar-refractivity contribution in [1.29, 1.82) is 0 Å². The molecule has 6 aromatic rings. The Morgan fingerprint density at radius 1 is 0.419 bits per heavy atom. The predicted molar refractivity (Wildman–Crippen MR) is 187 cm³/mol. The van der Waals surface area contributed by atoms with Crippen LogP contribution < -0.4 is 9.80 Å². The van der Waals surface area contributed by atoms with Gasteiger partial charge < -0.3 is 9.80 Å². The highest BCUT2D eigenvalue weighted by Crippen LogP contribution is 2.46. The maximum atomic E-state index is 2.60. The zero-order valence-electron chi connectivity index (χ0n) is 25.3. The van der Waals surface area contributed by atoms with Crippen LogP contribution in [0.25, 0.3) is 54.6 Å². The quantitative estimate of drug-likeness (QED) is 0.198. The van der Waals surface area contributed by atoms with E-state index in [9.17, 15) is 0 Å². The van der Waals surface area contributed by atoms with Crippen LogP contribution in [0.1, 0.15) is 44.1 Å². The molecule has 0 saturated carbocycles. The lowest BCUT2D eigenvalue weighted by atomic mass is 9.84. The van der Waals surface area contributed by atoms with Gasteiger partial charge >= 0.3 is 0 Å². The summed E-state index contributed by atoms with van der Waals surface area (Å²) in [6.45, 7) is 6.77. The molecule has 0 bridgehead atoms. The van der Waals surface area contributed by atoms with Crippen molar-refractivity contribution in [3.8, 4) is 22.3 Å². The van der Waals surface area contributed by atoms with Gasteiger partial charge in [-0.2, -0.15) is 0 Å². The monoisotopic (exact) mass is 560 g/mol. The predicted octanol–water partition coefficient (Wildman–Crippen LogP) is 10.8. The lowest BCUT2D eigenvalue weighted by molar-refractivity contribution is 0.578. The first-order valence-corrected chi connectivity index (χ1v) is 16.3. The van der Waals surface area contributed by atoms with Crippen LogP contribution in [-0.4, -0.2) is 26.2 Å². The molecule has 0 unspecified atom stereocenters. The third kappa shape index (κ3) is 4.83. The summed E-state index contributed by atoms with van der Waals surface area (Å²) in [5.41, 5.74) is 9.32. The van der Waals surface area contributed by atoms with Crippen LogP contribution in [0.2, 0.25) is 0 Å². The second-order valence-electron chi connectivity index (χ2n) is 12.7. The Kier molecular flexibility index (Phi) is 6.79. The molecule has 2 heteroatoms. The number of hydrogen-bond donors (Lipinski definition) is 0. The van der Waals surface area contributed by atoms with Crippen molar-refractivity contribution in [3.05, 3.63) is 109 Å². The Labute approximate surface area is 255 Å².